The maximum atomic E-state index is 12.3. The highest BCUT2D eigenvalue weighted by atomic mass is 32.2. The van der Waals surface area contributed by atoms with Crippen LogP contribution in [-0.4, -0.2) is 58.9 Å². The Hall–Kier alpha value is -2.00. The molecule has 2 aliphatic rings. The number of fused-ring (bicyclic) bond motifs is 1. The molecule has 0 aliphatic carbocycles. The maximum Gasteiger partial charge on any atom is 0.409 e. The molecule has 1 saturated heterocycles. The molecular weight excluding hydrogens is 324 g/mol. The minimum atomic E-state index is -3.62. The van der Waals surface area contributed by atoms with E-state index < -0.39 is 10.0 Å². The van der Waals surface area contributed by atoms with E-state index in [1.165, 1.54) is 12.1 Å². The van der Waals surface area contributed by atoms with Crippen molar-refractivity contribution >= 4 is 16.1 Å². The molecule has 1 aromatic carbocycles. The molecule has 9 heteroatoms. The summed E-state index contributed by atoms with van der Waals surface area (Å²) in [6.07, 6.45) is 0.165. The van der Waals surface area contributed by atoms with E-state index in [1.54, 1.807) is 11.0 Å². The Morgan fingerprint density at radius 2 is 1.87 bits per heavy atom. The molecule has 1 N–H and O–H groups in total. The molecule has 2 aliphatic heterocycles. The van der Waals surface area contributed by atoms with Crippen molar-refractivity contribution in [3.8, 4) is 11.5 Å². The van der Waals surface area contributed by atoms with Crippen molar-refractivity contribution < 1.29 is 27.4 Å². The number of hydrogen-bond acceptors (Lipinski definition) is 6. The lowest BCUT2D eigenvalue weighted by Crippen LogP contribution is -2.30. The Balaban J connectivity index is 1.55. The third kappa shape index (κ3) is 3.67. The number of hydrogen-bond donors (Lipinski definition) is 1. The summed E-state index contributed by atoms with van der Waals surface area (Å²) < 4.78 is 42.6. The first kappa shape index (κ1) is 15.9. The van der Waals surface area contributed by atoms with Crippen LogP contribution in [0.2, 0.25) is 0 Å². The minimum Gasteiger partial charge on any atom is -0.486 e. The van der Waals surface area contributed by atoms with E-state index >= 15 is 0 Å². The molecule has 2 heterocycles. The van der Waals surface area contributed by atoms with E-state index in [0.29, 0.717) is 50.8 Å². The summed E-state index contributed by atoms with van der Waals surface area (Å²) in [5.41, 5.74) is 0. The highest BCUT2D eigenvalue weighted by molar-refractivity contribution is 7.89. The number of amides is 1. The van der Waals surface area contributed by atoms with Gasteiger partial charge in [0.25, 0.3) is 0 Å². The molecule has 23 heavy (non-hydrogen) atoms. The van der Waals surface area contributed by atoms with E-state index in [4.69, 9.17) is 14.2 Å². The number of rotatable bonds is 6. The first-order valence-corrected chi connectivity index (χ1v) is 8.85. The van der Waals surface area contributed by atoms with Crippen LogP contribution in [0.5, 0.6) is 11.5 Å². The van der Waals surface area contributed by atoms with Crippen LogP contribution >= 0.6 is 0 Å². The molecule has 8 nitrogen and oxygen atoms in total. The predicted octanol–water partition coefficient (Wildman–Crippen LogP) is 0.578. The third-order valence-corrected chi connectivity index (χ3v) is 5.02. The fraction of sp³-hybridized carbons (Fsp3) is 0.500. The van der Waals surface area contributed by atoms with Gasteiger partial charge in [-0.05, 0) is 18.6 Å². The summed E-state index contributed by atoms with van der Waals surface area (Å²) in [4.78, 5) is 12.9. The number of nitrogens with zero attached hydrogens (tertiary/aromatic N) is 1. The molecule has 0 saturated carbocycles. The Kier molecular flexibility index (Phi) is 4.58. The zero-order valence-electron chi connectivity index (χ0n) is 12.5. The molecule has 0 unspecified atom stereocenters. The van der Waals surface area contributed by atoms with Gasteiger partial charge in [0.1, 0.15) is 19.8 Å². The third-order valence-electron chi connectivity index (χ3n) is 3.57. The lowest BCUT2D eigenvalue weighted by atomic mass is 10.3. The van der Waals surface area contributed by atoms with Crippen molar-refractivity contribution in [2.24, 2.45) is 0 Å². The topological polar surface area (TPSA) is 94.2 Å². The lowest BCUT2D eigenvalue weighted by Gasteiger charge is -2.19. The molecule has 3 rings (SSSR count). The van der Waals surface area contributed by atoms with E-state index in [1.807, 2.05) is 0 Å². The van der Waals surface area contributed by atoms with Gasteiger partial charge in [-0.3, -0.25) is 0 Å². The molecule has 1 amide bonds. The Morgan fingerprint density at radius 3 is 2.61 bits per heavy atom. The van der Waals surface area contributed by atoms with Crippen LogP contribution in [0.15, 0.2) is 23.1 Å². The summed E-state index contributed by atoms with van der Waals surface area (Å²) in [6, 6.07) is 4.52. The lowest BCUT2D eigenvalue weighted by molar-refractivity contribution is 0.158. The van der Waals surface area contributed by atoms with Crippen LogP contribution in [0.4, 0.5) is 4.79 Å². The van der Waals surface area contributed by atoms with Gasteiger partial charge >= 0.3 is 6.09 Å². The SMILES string of the molecule is O=C1OCCN1CCCNS(=O)(=O)c1ccc2c(c1)OCCO2. The van der Waals surface area contributed by atoms with Crippen molar-refractivity contribution in [1.82, 2.24) is 9.62 Å². The molecule has 0 spiro atoms. The second-order valence-electron chi connectivity index (χ2n) is 5.16. The van der Waals surface area contributed by atoms with Gasteiger partial charge in [0.05, 0.1) is 11.4 Å². The smallest absolute Gasteiger partial charge is 0.409 e. The van der Waals surface area contributed by atoms with Gasteiger partial charge < -0.3 is 19.1 Å². The van der Waals surface area contributed by atoms with E-state index in [-0.39, 0.29) is 17.5 Å². The summed E-state index contributed by atoms with van der Waals surface area (Å²) in [5.74, 6) is 0.974. The number of nitrogens with one attached hydrogen (secondary N) is 1. The number of ether oxygens (including phenoxy) is 3. The van der Waals surface area contributed by atoms with Crippen molar-refractivity contribution in [3.05, 3.63) is 18.2 Å². The summed E-state index contributed by atoms with van der Waals surface area (Å²) in [7, 11) is -3.62. The van der Waals surface area contributed by atoms with Crippen molar-refractivity contribution in [3.63, 3.8) is 0 Å². The normalized spacial score (nSPS) is 17.2. The fourth-order valence-electron chi connectivity index (χ4n) is 2.38. The van der Waals surface area contributed by atoms with Crippen molar-refractivity contribution in [2.75, 3.05) is 39.5 Å². The van der Waals surface area contributed by atoms with Crippen molar-refractivity contribution in [2.45, 2.75) is 11.3 Å². The quantitative estimate of drug-likeness (QED) is 0.760. The zero-order chi connectivity index (χ0) is 16.3. The number of carbonyl (C=O) groups is 1. The van der Waals surface area contributed by atoms with Crippen LogP contribution < -0.4 is 14.2 Å². The number of carbonyl (C=O) groups excluding carboxylic acids is 1. The highest BCUT2D eigenvalue weighted by Gasteiger charge is 2.22. The largest absolute Gasteiger partial charge is 0.486 e. The van der Waals surface area contributed by atoms with Gasteiger partial charge in [-0.25, -0.2) is 17.9 Å². The minimum absolute atomic E-state index is 0.127. The van der Waals surface area contributed by atoms with E-state index in [0.717, 1.165) is 0 Å². The second-order valence-corrected chi connectivity index (χ2v) is 6.93. The summed E-state index contributed by atoms with van der Waals surface area (Å²) in [6.45, 7) is 2.49. The molecule has 0 radical (unpaired) electrons. The number of benzene rings is 1. The molecule has 0 aromatic heterocycles. The van der Waals surface area contributed by atoms with Gasteiger partial charge in [0.15, 0.2) is 11.5 Å². The van der Waals surface area contributed by atoms with Gasteiger partial charge in [-0.15, -0.1) is 0 Å². The Morgan fingerprint density at radius 1 is 1.09 bits per heavy atom. The molecule has 0 bridgehead atoms. The highest BCUT2D eigenvalue weighted by Crippen LogP contribution is 2.32. The van der Waals surface area contributed by atoms with Gasteiger partial charge in [0, 0.05) is 19.2 Å². The summed E-state index contributed by atoms with van der Waals surface area (Å²) >= 11 is 0. The zero-order valence-corrected chi connectivity index (χ0v) is 13.3. The molecule has 0 atom stereocenters. The molecule has 1 aromatic rings. The first-order valence-electron chi connectivity index (χ1n) is 7.37. The van der Waals surface area contributed by atoms with Crippen LogP contribution in [-0.2, 0) is 14.8 Å². The van der Waals surface area contributed by atoms with Crippen LogP contribution in [0.1, 0.15) is 6.42 Å². The average Bonchev–Trinajstić information content (AvgIpc) is 2.96. The van der Waals surface area contributed by atoms with Gasteiger partial charge in [0.2, 0.25) is 10.0 Å². The standard InChI is InChI=1S/C14H18N2O6S/c17-14-16(6-7-22-14)5-1-4-15-23(18,19)11-2-3-12-13(10-11)21-9-8-20-12/h2-3,10,15H,1,4-9H2. The van der Waals surface area contributed by atoms with Crippen molar-refractivity contribution in [1.29, 1.82) is 0 Å². The van der Waals surface area contributed by atoms with Crippen LogP contribution in [0.25, 0.3) is 0 Å². The number of cyclic esters (lactones) is 1. The van der Waals surface area contributed by atoms with E-state index in [9.17, 15) is 13.2 Å². The molecule has 126 valence electrons. The second kappa shape index (κ2) is 6.63. The Labute approximate surface area is 134 Å². The number of sulfonamides is 1. The average molecular weight is 342 g/mol. The van der Waals surface area contributed by atoms with Crippen LogP contribution in [0.3, 0.4) is 0 Å². The molecule has 1 fully saturated rings. The van der Waals surface area contributed by atoms with Gasteiger partial charge in [-0.2, -0.15) is 0 Å². The predicted molar refractivity (Wildman–Crippen MR) is 80.2 cm³/mol. The maximum absolute atomic E-state index is 12.3. The molecular formula is C14H18N2O6S. The summed E-state index contributed by atoms with van der Waals surface area (Å²) in [5, 5.41) is 0. The van der Waals surface area contributed by atoms with Gasteiger partial charge in [-0.1, -0.05) is 0 Å². The monoisotopic (exact) mass is 342 g/mol. The Bertz CT molecular complexity index is 691. The van der Waals surface area contributed by atoms with E-state index in [2.05, 4.69) is 4.72 Å². The fourth-order valence-corrected chi connectivity index (χ4v) is 3.47. The first-order chi connectivity index (χ1) is 11.1. The van der Waals surface area contributed by atoms with Crippen LogP contribution in [0, 0.1) is 0 Å².